The maximum absolute atomic E-state index is 13.0. The second-order valence-corrected chi connectivity index (χ2v) is 9.26. The number of amides is 1. The van der Waals surface area contributed by atoms with E-state index in [1.54, 1.807) is 7.11 Å². The summed E-state index contributed by atoms with van der Waals surface area (Å²) in [4.78, 5) is 26.5. The Kier molecular flexibility index (Phi) is 7.24. The number of halogens is 3. The van der Waals surface area contributed by atoms with Gasteiger partial charge in [0.1, 0.15) is 11.5 Å². The quantitative estimate of drug-likeness (QED) is 0.726. The lowest BCUT2D eigenvalue weighted by Crippen LogP contribution is -2.38. The SMILES string of the molecule is COC[C@H]1CN(CC2CC2)C[C@@]12CCN(C(=O)c1cc(C)oc1C)C2.O=C(O)C(F)(F)F. The van der Waals surface area contributed by atoms with Crippen LogP contribution in [0.3, 0.4) is 0 Å². The Morgan fingerprint density at radius 3 is 2.44 bits per heavy atom. The molecule has 0 unspecified atom stereocenters. The number of methoxy groups -OCH3 is 1. The summed E-state index contributed by atoms with van der Waals surface area (Å²) in [5.41, 5.74) is 0.929. The summed E-state index contributed by atoms with van der Waals surface area (Å²) < 4.78 is 42.8. The van der Waals surface area contributed by atoms with E-state index < -0.39 is 12.1 Å². The number of furan rings is 1. The van der Waals surface area contributed by atoms with E-state index in [1.807, 2.05) is 24.8 Å². The molecule has 10 heteroatoms. The van der Waals surface area contributed by atoms with Crippen LogP contribution in [0, 0.1) is 31.1 Å². The average molecular weight is 460 g/mol. The Hall–Kier alpha value is -2.07. The first-order chi connectivity index (χ1) is 14.9. The van der Waals surface area contributed by atoms with Gasteiger partial charge in [-0.3, -0.25) is 4.79 Å². The number of rotatable bonds is 5. The van der Waals surface area contributed by atoms with Crippen molar-refractivity contribution in [2.24, 2.45) is 17.3 Å². The van der Waals surface area contributed by atoms with E-state index in [0.717, 1.165) is 62.2 Å². The molecule has 0 aromatic carbocycles. The molecule has 1 aromatic heterocycles. The molecule has 1 amide bonds. The highest BCUT2D eigenvalue weighted by atomic mass is 19.4. The van der Waals surface area contributed by atoms with Crippen molar-refractivity contribution in [1.82, 2.24) is 9.80 Å². The number of aliphatic carboxylic acids is 1. The molecule has 3 aliphatic rings. The van der Waals surface area contributed by atoms with Crippen molar-refractivity contribution in [1.29, 1.82) is 0 Å². The molecule has 0 radical (unpaired) electrons. The molecule has 32 heavy (non-hydrogen) atoms. The first-order valence-electron chi connectivity index (χ1n) is 10.8. The van der Waals surface area contributed by atoms with Gasteiger partial charge in [-0.15, -0.1) is 0 Å². The number of ether oxygens (including phenoxy) is 1. The maximum atomic E-state index is 13.0. The van der Waals surface area contributed by atoms with Gasteiger partial charge in [0.25, 0.3) is 5.91 Å². The Labute approximate surface area is 185 Å². The van der Waals surface area contributed by atoms with Gasteiger partial charge in [0.15, 0.2) is 0 Å². The van der Waals surface area contributed by atoms with Crippen LogP contribution in [-0.2, 0) is 9.53 Å². The number of nitrogens with zero attached hydrogens (tertiary/aromatic N) is 2. The standard InChI is InChI=1S/C20H30N2O3.C2HF3O2/c1-14-8-18(15(2)25-14)19(23)22-7-6-20(13-22)12-21(9-16-4-5-16)10-17(20)11-24-3;3-2(4,5)1(6)7/h8,16-17H,4-7,9-13H2,1-3H3;(H,6,7)/t17-,20-;/m1./s1. The van der Waals surface area contributed by atoms with E-state index in [9.17, 15) is 18.0 Å². The summed E-state index contributed by atoms with van der Waals surface area (Å²) in [5.74, 6) is 0.355. The van der Waals surface area contributed by atoms with E-state index in [1.165, 1.54) is 19.4 Å². The van der Waals surface area contributed by atoms with Crippen LogP contribution in [0.15, 0.2) is 10.5 Å². The van der Waals surface area contributed by atoms with Crippen molar-refractivity contribution in [3.8, 4) is 0 Å². The van der Waals surface area contributed by atoms with E-state index in [2.05, 4.69) is 4.90 Å². The number of hydrogen-bond donors (Lipinski definition) is 1. The molecule has 1 aromatic rings. The van der Waals surface area contributed by atoms with Gasteiger partial charge in [0.05, 0.1) is 12.2 Å². The van der Waals surface area contributed by atoms with Crippen molar-refractivity contribution in [3.05, 3.63) is 23.2 Å². The van der Waals surface area contributed by atoms with Crippen LogP contribution in [0.4, 0.5) is 13.2 Å². The van der Waals surface area contributed by atoms with Crippen LogP contribution < -0.4 is 0 Å². The normalized spacial score (nSPS) is 25.8. The smallest absolute Gasteiger partial charge is 0.475 e. The predicted molar refractivity (Wildman–Crippen MR) is 109 cm³/mol. The minimum Gasteiger partial charge on any atom is -0.475 e. The number of carboxylic acids is 1. The summed E-state index contributed by atoms with van der Waals surface area (Å²) in [5, 5.41) is 7.12. The van der Waals surface area contributed by atoms with Gasteiger partial charge in [-0.25, -0.2) is 4.79 Å². The van der Waals surface area contributed by atoms with Crippen LogP contribution in [-0.4, -0.2) is 79.4 Å². The molecule has 2 aliphatic heterocycles. The molecular weight excluding hydrogens is 429 g/mol. The maximum Gasteiger partial charge on any atom is 0.490 e. The zero-order valence-corrected chi connectivity index (χ0v) is 18.7. The van der Waals surface area contributed by atoms with Gasteiger partial charge in [0.2, 0.25) is 0 Å². The molecule has 180 valence electrons. The van der Waals surface area contributed by atoms with E-state index >= 15 is 0 Å². The van der Waals surface area contributed by atoms with Crippen molar-refractivity contribution in [3.63, 3.8) is 0 Å². The number of alkyl halides is 3. The van der Waals surface area contributed by atoms with Gasteiger partial charge >= 0.3 is 12.1 Å². The third kappa shape index (κ3) is 5.64. The van der Waals surface area contributed by atoms with Gasteiger partial charge in [0, 0.05) is 51.2 Å². The Balaban J connectivity index is 0.000000360. The van der Waals surface area contributed by atoms with Crippen LogP contribution in [0.1, 0.15) is 41.1 Å². The zero-order valence-electron chi connectivity index (χ0n) is 18.7. The fourth-order valence-electron chi connectivity index (χ4n) is 4.92. The number of carbonyl (C=O) groups is 2. The minimum absolute atomic E-state index is 0.128. The molecule has 1 saturated carbocycles. The third-order valence-corrected chi connectivity index (χ3v) is 6.65. The number of aryl methyl sites for hydroxylation is 2. The average Bonchev–Trinajstić information content (AvgIpc) is 3.15. The third-order valence-electron chi connectivity index (χ3n) is 6.65. The van der Waals surface area contributed by atoms with E-state index in [0.29, 0.717) is 5.92 Å². The largest absolute Gasteiger partial charge is 0.490 e. The first kappa shape index (κ1) is 24.6. The predicted octanol–water partition coefficient (Wildman–Crippen LogP) is 3.35. The molecule has 3 heterocycles. The molecule has 1 aliphatic carbocycles. The molecule has 0 bridgehead atoms. The zero-order chi connectivity index (χ0) is 23.7. The van der Waals surface area contributed by atoms with Gasteiger partial charge < -0.3 is 24.1 Å². The second-order valence-electron chi connectivity index (χ2n) is 9.26. The summed E-state index contributed by atoms with van der Waals surface area (Å²) in [7, 11) is 1.80. The molecule has 1 N–H and O–H groups in total. The first-order valence-corrected chi connectivity index (χ1v) is 10.8. The monoisotopic (exact) mass is 460 g/mol. The molecule has 2 atom stereocenters. The van der Waals surface area contributed by atoms with Crippen molar-refractivity contribution in [2.75, 3.05) is 46.4 Å². The highest BCUT2D eigenvalue weighted by Crippen LogP contribution is 2.45. The Bertz CT molecular complexity index is 836. The Morgan fingerprint density at radius 1 is 1.28 bits per heavy atom. The molecule has 1 spiro atoms. The molecule has 4 rings (SSSR count). The van der Waals surface area contributed by atoms with E-state index in [-0.39, 0.29) is 11.3 Å². The van der Waals surface area contributed by atoms with E-state index in [4.69, 9.17) is 19.1 Å². The highest BCUT2D eigenvalue weighted by Gasteiger charge is 2.51. The van der Waals surface area contributed by atoms with Crippen LogP contribution in [0.2, 0.25) is 0 Å². The summed E-state index contributed by atoms with van der Waals surface area (Å²) in [6.07, 6.45) is -1.21. The Morgan fingerprint density at radius 2 is 1.94 bits per heavy atom. The van der Waals surface area contributed by atoms with Crippen molar-refractivity contribution in [2.45, 2.75) is 39.3 Å². The fraction of sp³-hybridized carbons (Fsp3) is 0.727. The molecule has 2 saturated heterocycles. The number of carbonyl (C=O) groups excluding carboxylic acids is 1. The lowest BCUT2D eigenvalue weighted by molar-refractivity contribution is -0.192. The van der Waals surface area contributed by atoms with Crippen LogP contribution in [0.25, 0.3) is 0 Å². The van der Waals surface area contributed by atoms with Crippen LogP contribution >= 0.6 is 0 Å². The second kappa shape index (κ2) is 9.43. The number of hydrogen-bond acceptors (Lipinski definition) is 5. The number of likely N-dealkylation sites (tertiary alicyclic amines) is 2. The molecule has 7 nitrogen and oxygen atoms in total. The summed E-state index contributed by atoms with van der Waals surface area (Å²) in [6.45, 7) is 9.75. The van der Waals surface area contributed by atoms with Crippen LogP contribution in [0.5, 0.6) is 0 Å². The minimum atomic E-state index is -5.08. The van der Waals surface area contributed by atoms with Gasteiger partial charge in [-0.2, -0.15) is 13.2 Å². The summed E-state index contributed by atoms with van der Waals surface area (Å²) >= 11 is 0. The molecular formula is C22H31F3N2O5. The number of carboxylic acid groups (broad SMARTS) is 1. The molecule has 3 fully saturated rings. The lowest BCUT2D eigenvalue weighted by Gasteiger charge is -2.30. The van der Waals surface area contributed by atoms with Gasteiger partial charge in [-0.1, -0.05) is 0 Å². The van der Waals surface area contributed by atoms with Crippen molar-refractivity contribution < 1.29 is 37.0 Å². The highest BCUT2D eigenvalue weighted by molar-refractivity contribution is 5.95. The van der Waals surface area contributed by atoms with Gasteiger partial charge in [-0.05, 0) is 45.1 Å². The summed E-state index contributed by atoms with van der Waals surface area (Å²) in [6, 6.07) is 1.88. The van der Waals surface area contributed by atoms with Crippen molar-refractivity contribution >= 4 is 11.9 Å². The fourth-order valence-corrected chi connectivity index (χ4v) is 4.92. The topological polar surface area (TPSA) is 83.2 Å². The lowest BCUT2D eigenvalue weighted by atomic mass is 9.77.